The molecule has 116 valence electrons. The molecule has 3 unspecified atom stereocenters. The second kappa shape index (κ2) is 5.79. The van der Waals surface area contributed by atoms with E-state index in [4.69, 9.17) is 15.6 Å². The summed E-state index contributed by atoms with van der Waals surface area (Å²) >= 11 is 3.00. The average molecular weight is 368 g/mol. The Kier molecular flexibility index (Phi) is 4.42. The van der Waals surface area contributed by atoms with E-state index >= 15 is 0 Å². The summed E-state index contributed by atoms with van der Waals surface area (Å²) in [4.78, 5) is 16.6. The monoisotopic (exact) mass is 367 g/mol. The topological polar surface area (TPSA) is 111 Å². The van der Waals surface area contributed by atoms with Gasteiger partial charge in [-0.1, -0.05) is 15.9 Å². The minimum Gasteiger partial charge on any atom is -0.394 e. The number of hydrogen-bond acceptors (Lipinski definition) is 6. The molecule has 2 rings (SSSR count). The molecule has 0 saturated carbocycles. The van der Waals surface area contributed by atoms with Crippen LogP contribution in [0.4, 0.5) is 14.6 Å². The van der Waals surface area contributed by atoms with Crippen molar-refractivity contribution in [1.29, 1.82) is 0 Å². The largest absolute Gasteiger partial charge is 0.394 e. The zero-order chi connectivity index (χ0) is 15.8. The number of rotatable bonds is 3. The quantitative estimate of drug-likeness (QED) is 0.697. The van der Waals surface area contributed by atoms with E-state index in [-0.39, 0.29) is 11.4 Å². The Hall–Kier alpha value is -1.36. The summed E-state index contributed by atoms with van der Waals surface area (Å²) in [5, 5.41) is 18.4. The Balaban J connectivity index is 2.51. The van der Waals surface area contributed by atoms with Gasteiger partial charge in [-0.25, -0.2) is 4.79 Å². The number of nitrogens with zero attached hydrogens (tertiary/aromatic N) is 2. The second-order valence-corrected chi connectivity index (χ2v) is 4.92. The van der Waals surface area contributed by atoms with Crippen molar-refractivity contribution in [2.24, 2.45) is 0 Å². The number of alkyl halides is 2. The Morgan fingerprint density at radius 1 is 1.62 bits per heavy atom. The molecule has 0 radical (unpaired) electrons. The molecule has 0 aromatic carbocycles. The number of anilines is 1. The van der Waals surface area contributed by atoms with Gasteiger partial charge in [-0.3, -0.25) is 4.57 Å². The Morgan fingerprint density at radius 2 is 2.29 bits per heavy atom. The first kappa shape index (κ1) is 16.0. The van der Waals surface area contributed by atoms with Gasteiger partial charge in [-0.05, 0) is 11.1 Å². The van der Waals surface area contributed by atoms with Gasteiger partial charge >= 0.3 is 11.6 Å². The third-order valence-electron chi connectivity index (χ3n) is 3.07. The van der Waals surface area contributed by atoms with Crippen LogP contribution in [0.2, 0.25) is 0 Å². The molecule has 1 aliphatic heterocycles. The van der Waals surface area contributed by atoms with Crippen molar-refractivity contribution in [1.82, 2.24) is 9.55 Å². The molecule has 2 heterocycles. The third-order valence-corrected chi connectivity index (χ3v) is 3.33. The second-order valence-electron chi connectivity index (χ2n) is 4.39. The number of nitrogen functional groups attached to an aromatic ring is 1. The fourth-order valence-electron chi connectivity index (χ4n) is 1.98. The number of aliphatic hydroxyl groups excluding tert-OH is 2. The molecule has 1 aromatic rings. The van der Waals surface area contributed by atoms with E-state index in [1.165, 1.54) is 11.1 Å². The number of hydrogen-bond donors (Lipinski definition) is 3. The predicted molar refractivity (Wildman–Crippen MR) is 72.8 cm³/mol. The van der Waals surface area contributed by atoms with Crippen LogP contribution in [0.15, 0.2) is 16.0 Å². The standard InChI is InChI=1S/C11H12BrF2N3O4/c12-2-1-5-3-17(10(20)16-8(5)15)9-11(13,14)7(19)6(4-18)21-9/h1-3,6-7,9,18-19H,4H2,(H2,15,16,20)/b2-1-. The first-order valence-corrected chi connectivity index (χ1v) is 6.72. The van der Waals surface area contributed by atoms with E-state index in [9.17, 15) is 18.7 Å². The van der Waals surface area contributed by atoms with Gasteiger partial charge in [0.05, 0.1) is 6.61 Å². The van der Waals surface area contributed by atoms with Crippen LogP contribution >= 0.6 is 15.9 Å². The average Bonchev–Trinajstić information content (AvgIpc) is 2.65. The number of nitrogens with two attached hydrogens (primary N) is 1. The highest BCUT2D eigenvalue weighted by molar-refractivity contribution is 9.11. The molecule has 0 spiro atoms. The summed E-state index contributed by atoms with van der Waals surface area (Å²) in [6.07, 6.45) is -3.34. The molecular weight excluding hydrogens is 356 g/mol. The van der Waals surface area contributed by atoms with Crippen LogP contribution in [0.5, 0.6) is 0 Å². The van der Waals surface area contributed by atoms with E-state index in [2.05, 4.69) is 20.9 Å². The van der Waals surface area contributed by atoms with Crippen LogP contribution in [0.3, 0.4) is 0 Å². The van der Waals surface area contributed by atoms with E-state index < -0.39 is 36.7 Å². The van der Waals surface area contributed by atoms with Gasteiger partial charge in [0.2, 0.25) is 6.23 Å². The highest BCUT2D eigenvalue weighted by Crippen LogP contribution is 2.42. The van der Waals surface area contributed by atoms with E-state index in [1.54, 1.807) is 0 Å². The molecule has 1 saturated heterocycles. The molecule has 1 aromatic heterocycles. The van der Waals surface area contributed by atoms with Gasteiger partial charge in [0.15, 0.2) is 6.10 Å². The highest BCUT2D eigenvalue weighted by Gasteiger charge is 2.59. The molecule has 1 aliphatic rings. The number of aliphatic hydroxyl groups is 2. The van der Waals surface area contributed by atoms with E-state index in [0.29, 0.717) is 4.57 Å². The van der Waals surface area contributed by atoms with Crippen LogP contribution in [0.1, 0.15) is 11.8 Å². The molecule has 0 bridgehead atoms. The van der Waals surface area contributed by atoms with Crippen LogP contribution in [0, 0.1) is 0 Å². The van der Waals surface area contributed by atoms with Crippen LogP contribution in [-0.4, -0.2) is 44.5 Å². The fourth-order valence-corrected chi connectivity index (χ4v) is 2.26. The molecular formula is C11H12BrF2N3O4. The van der Waals surface area contributed by atoms with Crippen molar-refractivity contribution < 1.29 is 23.7 Å². The van der Waals surface area contributed by atoms with Crippen molar-refractivity contribution in [3.05, 3.63) is 27.2 Å². The maximum atomic E-state index is 14.0. The van der Waals surface area contributed by atoms with Crippen molar-refractivity contribution in [2.45, 2.75) is 24.4 Å². The molecule has 1 fully saturated rings. The molecule has 10 heteroatoms. The predicted octanol–water partition coefficient (Wildman–Crippen LogP) is 0.0770. The Bertz CT molecular complexity index is 622. The minimum atomic E-state index is -3.76. The summed E-state index contributed by atoms with van der Waals surface area (Å²) in [6.45, 7) is -0.807. The van der Waals surface area contributed by atoms with Crippen molar-refractivity contribution in [3.8, 4) is 0 Å². The Morgan fingerprint density at radius 3 is 2.81 bits per heavy atom. The van der Waals surface area contributed by atoms with Crippen molar-refractivity contribution >= 4 is 27.8 Å². The molecule has 4 N–H and O–H groups in total. The van der Waals surface area contributed by atoms with Gasteiger partial charge in [0, 0.05) is 11.8 Å². The Labute approximate surface area is 125 Å². The summed E-state index contributed by atoms with van der Waals surface area (Å²) in [5.41, 5.74) is 4.68. The summed E-state index contributed by atoms with van der Waals surface area (Å²) < 4.78 is 33.4. The van der Waals surface area contributed by atoms with Gasteiger partial charge in [-0.2, -0.15) is 13.8 Å². The van der Waals surface area contributed by atoms with Crippen LogP contribution in [-0.2, 0) is 4.74 Å². The molecule has 0 aliphatic carbocycles. The lowest BCUT2D eigenvalue weighted by Crippen LogP contribution is -2.42. The molecule has 7 nitrogen and oxygen atoms in total. The SMILES string of the molecule is Nc1nc(=O)n(C2OC(CO)C(O)C2(F)F)cc1/C=C\Br. The fraction of sp³-hybridized carbons (Fsp3) is 0.455. The summed E-state index contributed by atoms with van der Waals surface area (Å²) in [6, 6.07) is 0. The van der Waals surface area contributed by atoms with E-state index in [0.717, 1.165) is 6.20 Å². The number of ether oxygens (including phenoxy) is 1. The summed E-state index contributed by atoms with van der Waals surface area (Å²) in [5.74, 6) is -3.89. The third kappa shape index (κ3) is 2.71. The van der Waals surface area contributed by atoms with Crippen molar-refractivity contribution in [3.63, 3.8) is 0 Å². The van der Waals surface area contributed by atoms with Gasteiger partial charge in [-0.15, -0.1) is 0 Å². The zero-order valence-corrected chi connectivity index (χ0v) is 12.1. The molecule has 21 heavy (non-hydrogen) atoms. The van der Waals surface area contributed by atoms with Crippen LogP contribution in [0.25, 0.3) is 6.08 Å². The zero-order valence-electron chi connectivity index (χ0n) is 10.5. The number of halogens is 3. The van der Waals surface area contributed by atoms with Gasteiger partial charge < -0.3 is 20.7 Å². The maximum Gasteiger partial charge on any atom is 0.351 e. The van der Waals surface area contributed by atoms with E-state index in [1.807, 2.05) is 0 Å². The van der Waals surface area contributed by atoms with Gasteiger partial charge in [0.25, 0.3) is 0 Å². The lowest BCUT2D eigenvalue weighted by Gasteiger charge is -2.21. The number of aromatic nitrogens is 2. The first-order valence-electron chi connectivity index (χ1n) is 5.80. The first-order chi connectivity index (χ1) is 9.82. The van der Waals surface area contributed by atoms with Gasteiger partial charge in [0.1, 0.15) is 11.9 Å². The van der Waals surface area contributed by atoms with Crippen LogP contribution < -0.4 is 11.4 Å². The maximum absolute atomic E-state index is 14.0. The smallest absolute Gasteiger partial charge is 0.351 e. The highest BCUT2D eigenvalue weighted by atomic mass is 79.9. The molecule has 3 atom stereocenters. The lowest BCUT2D eigenvalue weighted by atomic mass is 10.1. The normalized spacial score (nSPS) is 28.3. The molecule has 0 amide bonds. The van der Waals surface area contributed by atoms with Crippen molar-refractivity contribution in [2.75, 3.05) is 12.3 Å². The minimum absolute atomic E-state index is 0.132. The summed E-state index contributed by atoms with van der Waals surface area (Å²) in [7, 11) is 0. The lowest BCUT2D eigenvalue weighted by molar-refractivity contribution is -0.141.